The second kappa shape index (κ2) is 6.96. The first kappa shape index (κ1) is 16.4. The quantitative estimate of drug-likeness (QED) is 0.836. The number of hydrogen-bond acceptors (Lipinski definition) is 5. The number of rotatable bonds is 5. The lowest BCUT2D eigenvalue weighted by molar-refractivity contribution is -0.141. The number of H-pyrrole nitrogens is 1. The monoisotopic (exact) mass is 349 g/mol. The van der Waals surface area contributed by atoms with Crippen molar-refractivity contribution < 1.29 is 14.7 Å². The molecule has 126 valence electrons. The molecule has 1 amide bonds. The lowest BCUT2D eigenvalue weighted by Crippen LogP contribution is -2.30. The second-order valence-corrected chi connectivity index (χ2v) is 6.03. The first-order valence-corrected chi connectivity index (χ1v) is 7.89. The van der Waals surface area contributed by atoms with Crippen LogP contribution in [0.2, 0.25) is 5.28 Å². The number of nitrogens with zero attached hydrogens (tertiary/aromatic N) is 4. The van der Waals surface area contributed by atoms with E-state index in [1.54, 1.807) is 23.4 Å². The minimum atomic E-state index is -0.902. The number of aryl methyl sites for hydroxylation is 1. The molecule has 8 nitrogen and oxygen atoms in total. The summed E-state index contributed by atoms with van der Waals surface area (Å²) >= 11 is 5.62. The van der Waals surface area contributed by atoms with Gasteiger partial charge in [0.1, 0.15) is 5.82 Å². The van der Waals surface area contributed by atoms with Gasteiger partial charge < -0.3 is 10.0 Å². The Bertz CT molecular complexity index is 736. The molecule has 2 atom stereocenters. The summed E-state index contributed by atoms with van der Waals surface area (Å²) in [5, 5.41) is 15.9. The van der Waals surface area contributed by atoms with Crippen molar-refractivity contribution in [1.82, 2.24) is 25.1 Å². The molecule has 0 spiro atoms. The molecular formula is C15H16ClN5O3. The van der Waals surface area contributed by atoms with Crippen LogP contribution in [0.3, 0.4) is 0 Å². The molecule has 24 heavy (non-hydrogen) atoms. The Hall–Kier alpha value is -2.48. The van der Waals surface area contributed by atoms with Crippen LogP contribution in [0.25, 0.3) is 0 Å². The van der Waals surface area contributed by atoms with Gasteiger partial charge in [0.2, 0.25) is 11.2 Å². The lowest BCUT2D eigenvalue weighted by atomic mass is 9.90. The number of halogens is 1. The molecule has 0 bridgehead atoms. The molecule has 0 aromatic carbocycles. The van der Waals surface area contributed by atoms with Gasteiger partial charge in [-0.3, -0.25) is 19.7 Å². The van der Waals surface area contributed by atoms with E-state index in [2.05, 4.69) is 20.2 Å². The molecule has 0 unspecified atom stereocenters. The fourth-order valence-electron chi connectivity index (χ4n) is 2.96. The molecule has 0 aliphatic carbocycles. The largest absolute Gasteiger partial charge is 0.481 e. The summed E-state index contributed by atoms with van der Waals surface area (Å²) < 4.78 is 0. The number of amides is 1. The summed E-state index contributed by atoms with van der Waals surface area (Å²) in [6, 6.07) is 3.62. The topological polar surface area (TPSA) is 112 Å². The van der Waals surface area contributed by atoms with Crippen molar-refractivity contribution in [2.24, 2.45) is 5.92 Å². The van der Waals surface area contributed by atoms with Crippen LogP contribution in [-0.4, -0.2) is 55.1 Å². The van der Waals surface area contributed by atoms with E-state index in [0.29, 0.717) is 18.8 Å². The average Bonchev–Trinajstić information content (AvgIpc) is 3.20. The Morgan fingerprint density at radius 2 is 2.25 bits per heavy atom. The summed E-state index contributed by atoms with van der Waals surface area (Å²) in [6.07, 6.45) is 3.90. The summed E-state index contributed by atoms with van der Waals surface area (Å²) in [6.45, 7) is 0.573. The van der Waals surface area contributed by atoms with E-state index in [1.807, 2.05) is 6.07 Å². The second-order valence-electron chi connectivity index (χ2n) is 5.69. The molecule has 1 aliphatic rings. The van der Waals surface area contributed by atoms with Gasteiger partial charge in [-0.05, 0) is 23.2 Å². The predicted octanol–water partition coefficient (Wildman–Crippen LogP) is 1.11. The highest BCUT2D eigenvalue weighted by Gasteiger charge is 2.40. The van der Waals surface area contributed by atoms with E-state index >= 15 is 0 Å². The Labute approximate surface area is 142 Å². The minimum absolute atomic E-state index is 0.111. The van der Waals surface area contributed by atoms with Crippen molar-refractivity contribution in [3.05, 3.63) is 41.2 Å². The number of likely N-dealkylation sites (tertiary alicyclic amines) is 1. The molecule has 1 aliphatic heterocycles. The summed E-state index contributed by atoms with van der Waals surface area (Å²) in [5.41, 5.74) is 0.835. The number of carbonyl (C=O) groups excluding carboxylic acids is 1. The smallest absolute Gasteiger partial charge is 0.308 e. The molecule has 1 saturated heterocycles. The molecule has 0 saturated carbocycles. The van der Waals surface area contributed by atoms with Gasteiger partial charge in [0, 0.05) is 44.2 Å². The fraction of sp³-hybridized carbons (Fsp3) is 0.400. The van der Waals surface area contributed by atoms with Crippen molar-refractivity contribution in [1.29, 1.82) is 0 Å². The number of carboxylic acids is 1. The number of nitrogens with one attached hydrogen (secondary N) is 1. The molecular weight excluding hydrogens is 334 g/mol. The highest BCUT2D eigenvalue weighted by molar-refractivity contribution is 6.28. The number of hydrogen-bond donors (Lipinski definition) is 2. The van der Waals surface area contributed by atoms with Crippen LogP contribution in [0.1, 0.15) is 23.7 Å². The van der Waals surface area contributed by atoms with Gasteiger partial charge in [-0.25, -0.2) is 4.98 Å². The van der Waals surface area contributed by atoms with Crippen molar-refractivity contribution in [3.8, 4) is 0 Å². The third-order valence-electron chi connectivity index (χ3n) is 4.18. The number of aromatic nitrogens is 4. The van der Waals surface area contributed by atoms with Gasteiger partial charge >= 0.3 is 5.97 Å². The number of aliphatic carboxylic acids is 1. The third-order valence-corrected chi connectivity index (χ3v) is 4.35. The Kier molecular flexibility index (Phi) is 4.75. The Morgan fingerprint density at radius 1 is 1.42 bits per heavy atom. The summed E-state index contributed by atoms with van der Waals surface area (Å²) in [4.78, 5) is 33.5. The Balaban J connectivity index is 1.66. The minimum Gasteiger partial charge on any atom is -0.481 e. The van der Waals surface area contributed by atoms with Crippen molar-refractivity contribution >= 4 is 23.5 Å². The zero-order valence-corrected chi connectivity index (χ0v) is 13.5. The van der Waals surface area contributed by atoms with Gasteiger partial charge in [-0.1, -0.05) is 6.07 Å². The SMILES string of the molecule is O=C(O)[C@@H]1CN(C(=O)CCc2nc(Cl)n[nH]2)C[C@H]1c1cccnc1. The van der Waals surface area contributed by atoms with Crippen LogP contribution in [-0.2, 0) is 16.0 Å². The van der Waals surface area contributed by atoms with E-state index in [9.17, 15) is 14.7 Å². The van der Waals surface area contributed by atoms with Gasteiger partial charge in [0.05, 0.1) is 5.92 Å². The molecule has 1 fully saturated rings. The van der Waals surface area contributed by atoms with E-state index in [-0.39, 0.29) is 30.1 Å². The molecule has 0 radical (unpaired) electrons. The maximum Gasteiger partial charge on any atom is 0.308 e. The van der Waals surface area contributed by atoms with Crippen LogP contribution in [0.15, 0.2) is 24.5 Å². The highest BCUT2D eigenvalue weighted by Crippen LogP contribution is 2.32. The first-order valence-electron chi connectivity index (χ1n) is 7.52. The summed E-state index contributed by atoms with van der Waals surface area (Å²) in [7, 11) is 0. The van der Waals surface area contributed by atoms with Gasteiger partial charge in [-0.2, -0.15) is 0 Å². The Morgan fingerprint density at radius 3 is 2.88 bits per heavy atom. The third kappa shape index (κ3) is 3.53. The van der Waals surface area contributed by atoms with Crippen LogP contribution in [0.5, 0.6) is 0 Å². The van der Waals surface area contributed by atoms with E-state index in [1.165, 1.54) is 0 Å². The van der Waals surface area contributed by atoms with E-state index in [0.717, 1.165) is 5.56 Å². The maximum atomic E-state index is 12.4. The molecule has 2 N–H and O–H groups in total. The average molecular weight is 350 g/mol. The van der Waals surface area contributed by atoms with Crippen LogP contribution >= 0.6 is 11.6 Å². The molecule has 2 aromatic rings. The predicted molar refractivity (Wildman–Crippen MR) is 84.4 cm³/mol. The molecule has 3 heterocycles. The maximum absolute atomic E-state index is 12.4. The highest BCUT2D eigenvalue weighted by atomic mass is 35.5. The van der Waals surface area contributed by atoms with Crippen LogP contribution < -0.4 is 0 Å². The molecule has 3 rings (SSSR count). The zero-order valence-electron chi connectivity index (χ0n) is 12.7. The lowest BCUT2D eigenvalue weighted by Gasteiger charge is -2.16. The van der Waals surface area contributed by atoms with Crippen molar-refractivity contribution in [2.45, 2.75) is 18.8 Å². The van der Waals surface area contributed by atoms with Gasteiger partial charge in [0.25, 0.3) is 0 Å². The summed E-state index contributed by atoms with van der Waals surface area (Å²) in [5.74, 6) is -1.36. The van der Waals surface area contributed by atoms with Crippen molar-refractivity contribution in [3.63, 3.8) is 0 Å². The van der Waals surface area contributed by atoms with Crippen LogP contribution in [0, 0.1) is 5.92 Å². The van der Waals surface area contributed by atoms with Crippen molar-refractivity contribution in [2.75, 3.05) is 13.1 Å². The number of aromatic amines is 1. The van der Waals surface area contributed by atoms with Gasteiger partial charge in [0.15, 0.2) is 0 Å². The molecule has 2 aromatic heterocycles. The number of carboxylic acid groups (broad SMARTS) is 1. The normalized spacial score (nSPS) is 20.3. The molecule has 9 heteroatoms. The standard InChI is InChI=1S/C15H16ClN5O3/c16-15-18-12(19-20-15)3-4-13(22)21-7-10(11(8-21)14(23)24)9-2-1-5-17-6-9/h1-2,5-6,10-11H,3-4,7-8H2,(H,23,24)(H,18,19,20)/t10-,11+/m0/s1. The van der Waals surface area contributed by atoms with Crippen LogP contribution in [0.4, 0.5) is 0 Å². The fourth-order valence-corrected chi connectivity index (χ4v) is 3.10. The van der Waals surface area contributed by atoms with E-state index < -0.39 is 11.9 Å². The van der Waals surface area contributed by atoms with E-state index in [4.69, 9.17) is 11.6 Å². The zero-order chi connectivity index (χ0) is 17.1. The first-order chi connectivity index (χ1) is 11.5. The number of carbonyl (C=O) groups is 2. The van der Waals surface area contributed by atoms with Gasteiger partial charge in [-0.15, -0.1) is 5.10 Å². The number of pyridine rings is 1.